The topological polar surface area (TPSA) is 82.0 Å². The van der Waals surface area contributed by atoms with Crippen molar-refractivity contribution in [1.82, 2.24) is 0 Å². The molecule has 0 spiro atoms. The molecule has 0 bridgehead atoms. The fourth-order valence-corrected chi connectivity index (χ4v) is 2.55. The number of amides is 2. The maximum absolute atomic E-state index is 12.3. The van der Waals surface area contributed by atoms with Crippen molar-refractivity contribution in [3.8, 4) is 6.07 Å². The van der Waals surface area contributed by atoms with Crippen molar-refractivity contribution in [3.05, 3.63) is 59.2 Å². The van der Waals surface area contributed by atoms with E-state index in [1.807, 2.05) is 12.1 Å². The number of benzene rings is 2. The number of anilines is 2. The predicted molar refractivity (Wildman–Crippen MR) is 87.1 cm³/mol. The smallest absolute Gasteiger partial charge is 0.255 e. The second-order valence-electron chi connectivity index (χ2n) is 5.42. The van der Waals surface area contributed by atoms with Gasteiger partial charge in [0.1, 0.15) is 0 Å². The lowest BCUT2D eigenvalue weighted by Crippen LogP contribution is -2.13. The fourth-order valence-electron chi connectivity index (χ4n) is 2.55. The standard InChI is InChI=1S/C18H15N3O2/c19-11-12-4-7-15(8-5-12)20-18(23)14-6-9-16-13(10-14)2-1-3-17(22)21-16/h4-10H,1-3H2,(H,20,23)(H,21,22). The van der Waals surface area contributed by atoms with Gasteiger partial charge in [0.25, 0.3) is 5.91 Å². The van der Waals surface area contributed by atoms with Crippen molar-refractivity contribution in [2.75, 3.05) is 10.6 Å². The van der Waals surface area contributed by atoms with E-state index in [0.717, 1.165) is 24.1 Å². The third kappa shape index (κ3) is 3.38. The van der Waals surface area contributed by atoms with Gasteiger partial charge in [0.05, 0.1) is 11.6 Å². The van der Waals surface area contributed by atoms with Crippen LogP contribution in [0.15, 0.2) is 42.5 Å². The average molecular weight is 305 g/mol. The molecule has 5 heteroatoms. The normalized spacial score (nSPS) is 13.3. The lowest BCUT2D eigenvalue weighted by molar-refractivity contribution is -0.116. The van der Waals surface area contributed by atoms with E-state index >= 15 is 0 Å². The molecule has 0 unspecified atom stereocenters. The van der Waals surface area contributed by atoms with Crippen LogP contribution in [0.1, 0.15) is 34.3 Å². The van der Waals surface area contributed by atoms with Crippen LogP contribution in [0.3, 0.4) is 0 Å². The van der Waals surface area contributed by atoms with Gasteiger partial charge in [-0.2, -0.15) is 5.26 Å². The summed E-state index contributed by atoms with van der Waals surface area (Å²) >= 11 is 0. The highest BCUT2D eigenvalue weighted by atomic mass is 16.2. The number of fused-ring (bicyclic) bond motifs is 1. The Morgan fingerprint density at radius 2 is 1.91 bits per heavy atom. The van der Waals surface area contributed by atoms with Gasteiger partial charge in [-0.15, -0.1) is 0 Å². The van der Waals surface area contributed by atoms with Crippen molar-refractivity contribution in [2.45, 2.75) is 19.3 Å². The molecule has 2 aromatic rings. The summed E-state index contributed by atoms with van der Waals surface area (Å²) in [5.41, 5.74) is 3.48. The van der Waals surface area contributed by atoms with E-state index in [1.54, 1.807) is 36.4 Å². The van der Waals surface area contributed by atoms with Crippen LogP contribution < -0.4 is 10.6 Å². The molecule has 3 rings (SSSR count). The number of aryl methyl sites for hydroxylation is 1. The third-order valence-corrected chi connectivity index (χ3v) is 3.76. The van der Waals surface area contributed by atoms with E-state index in [-0.39, 0.29) is 11.8 Å². The first-order valence-corrected chi connectivity index (χ1v) is 7.40. The van der Waals surface area contributed by atoms with Gasteiger partial charge >= 0.3 is 0 Å². The Morgan fingerprint density at radius 1 is 1.13 bits per heavy atom. The first kappa shape index (κ1) is 14.8. The Kier molecular flexibility index (Phi) is 4.07. The highest BCUT2D eigenvalue weighted by molar-refractivity contribution is 6.05. The monoisotopic (exact) mass is 305 g/mol. The summed E-state index contributed by atoms with van der Waals surface area (Å²) in [6.45, 7) is 0. The maximum Gasteiger partial charge on any atom is 0.255 e. The Labute approximate surface area is 133 Å². The zero-order chi connectivity index (χ0) is 16.2. The molecule has 23 heavy (non-hydrogen) atoms. The van der Waals surface area contributed by atoms with Crippen LogP contribution in [0.5, 0.6) is 0 Å². The fraction of sp³-hybridized carbons (Fsp3) is 0.167. The van der Waals surface area contributed by atoms with E-state index in [4.69, 9.17) is 5.26 Å². The van der Waals surface area contributed by atoms with Crippen molar-refractivity contribution in [3.63, 3.8) is 0 Å². The van der Waals surface area contributed by atoms with Crippen LogP contribution in [0, 0.1) is 11.3 Å². The highest BCUT2D eigenvalue weighted by Crippen LogP contribution is 2.23. The van der Waals surface area contributed by atoms with Crippen molar-refractivity contribution in [1.29, 1.82) is 5.26 Å². The Bertz CT molecular complexity index is 804. The number of hydrogen-bond acceptors (Lipinski definition) is 3. The van der Waals surface area contributed by atoms with Crippen molar-refractivity contribution in [2.24, 2.45) is 0 Å². The highest BCUT2D eigenvalue weighted by Gasteiger charge is 2.15. The summed E-state index contributed by atoms with van der Waals surface area (Å²) in [6, 6.07) is 14.0. The molecule has 0 atom stereocenters. The molecule has 0 saturated heterocycles. The van der Waals surface area contributed by atoms with E-state index in [1.165, 1.54) is 0 Å². The predicted octanol–water partition coefficient (Wildman–Crippen LogP) is 3.09. The third-order valence-electron chi connectivity index (χ3n) is 3.76. The van der Waals surface area contributed by atoms with Crippen LogP contribution in [0.2, 0.25) is 0 Å². The Hall–Kier alpha value is -3.13. The molecule has 1 aliphatic rings. The lowest BCUT2D eigenvalue weighted by atomic mass is 10.0. The molecule has 0 aliphatic carbocycles. The van der Waals surface area contributed by atoms with Gasteiger partial charge < -0.3 is 10.6 Å². The first-order chi connectivity index (χ1) is 11.2. The van der Waals surface area contributed by atoms with Crippen molar-refractivity contribution >= 4 is 23.2 Å². The molecule has 2 N–H and O–H groups in total. The molecule has 0 saturated carbocycles. The molecular formula is C18H15N3O2. The summed E-state index contributed by atoms with van der Waals surface area (Å²) in [5, 5.41) is 14.4. The molecule has 0 radical (unpaired) electrons. The number of carbonyl (C=O) groups is 2. The van der Waals surface area contributed by atoms with Crippen LogP contribution in [0.25, 0.3) is 0 Å². The number of nitrogens with zero attached hydrogens (tertiary/aromatic N) is 1. The van der Waals surface area contributed by atoms with Gasteiger partial charge in [-0.3, -0.25) is 9.59 Å². The number of carbonyl (C=O) groups excluding carboxylic acids is 2. The quantitative estimate of drug-likeness (QED) is 0.894. The van der Waals surface area contributed by atoms with Crippen LogP contribution in [-0.2, 0) is 11.2 Å². The number of nitrogens with one attached hydrogen (secondary N) is 2. The SMILES string of the molecule is N#Cc1ccc(NC(=O)c2ccc3c(c2)CCCC(=O)N3)cc1. The molecular weight excluding hydrogens is 290 g/mol. The Balaban J connectivity index is 1.78. The van der Waals surface area contributed by atoms with E-state index in [9.17, 15) is 9.59 Å². The van der Waals surface area contributed by atoms with Gasteiger partial charge in [0, 0.05) is 23.4 Å². The maximum atomic E-state index is 12.3. The molecule has 2 aromatic carbocycles. The van der Waals surface area contributed by atoms with E-state index < -0.39 is 0 Å². The average Bonchev–Trinajstić information content (AvgIpc) is 2.75. The molecule has 5 nitrogen and oxygen atoms in total. The zero-order valence-corrected chi connectivity index (χ0v) is 12.4. The van der Waals surface area contributed by atoms with Crippen molar-refractivity contribution < 1.29 is 9.59 Å². The van der Waals surface area contributed by atoms with Crippen LogP contribution in [0.4, 0.5) is 11.4 Å². The minimum Gasteiger partial charge on any atom is -0.326 e. The van der Waals surface area contributed by atoms with E-state index in [0.29, 0.717) is 23.2 Å². The van der Waals surface area contributed by atoms with Gasteiger partial charge in [0.15, 0.2) is 0 Å². The van der Waals surface area contributed by atoms with Crippen LogP contribution >= 0.6 is 0 Å². The summed E-state index contributed by atoms with van der Waals surface area (Å²) < 4.78 is 0. The molecule has 0 fully saturated rings. The lowest BCUT2D eigenvalue weighted by Gasteiger charge is -2.10. The molecule has 1 aliphatic heterocycles. The largest absolute Gasteiger partial charge is 0.326 e. The number of rotatable bonds is 2. The molecule has 2 amide bonds. The molecule has 0 aromatic heterocycles. The first-order valence-electron chi connectivity index (χ1n) is 7.40. The van der Waals surface area contributed by atoms with Crippen LogP contribution in [-0.4, -0.2) is 11.8 Å². The number of nitriles is 1. The summed E-state index contributed by atoms with van der Waals surface area (Å²) in [4.78, 5) is 23.9. The number of hydrogen-bond donors (Lipinski definition) is 2. The zero-order valence-electron chi connectivity index (χ0n) is 12.4. The second kappa shape index (κ2) is 6.32. The van der Waals surface area contributed by atoms with Gasteiger partial charge in [-0.1, -0.05) is 0 Å². The van der Waals surface area contributed by atoms with E-state index in [2.05, 4.69) is 10.6 Å². The van der Waals surface area contributed by atoms with Gasteiger partial charge in [0.2, 0.25) is 5.91 Å². The second-order valence-corrected chi connectivity index (χ2v) is 5.42. The van der Waals surface area contributed by atoms with Gasteiger partial charge in [-0.25, -0.2) is 0 Å². The van der Waals surface area contributed by atoms with Gasteiger partial charge in [-0.05, 0) is 60.9 Å². The summed E-state index contributed by atoms with van der Waals surface area (Å²) in [6.07, 6.45) is 2.05. The Morgan fingerprint density at radius 3 is 2.65 bits per heavy atom. The molecule has 114 valence electrons. The minimum atomic E-state index is -0.215. The molecule has 1 heterocycles. The summed E-state index contributed by atoms with van der Waals surface area (Å²) in [7, 11) is 0. The minimum absolute atomic E-state index is 0.0125. The summed E-state index contributed by atoms with van der Waals surface area (Å²) in [5.74, 6) is -0.202.